The van der Waals surface area contributed by atoms with Gasteiger partial charge in [0.2, 0.25) is 10.0 Å². The van der Waals surface area contributed by atoms with E-state index in [4.69, 9.17) is 11.6 Å². The van der Waals surface area contributed by atoms with E-state index in [9.17, 15) is 8.42 Å². The molecule has 7 heteroatoms. The minimum absolute atomic E-state index is 0.150. The van der Waals surface area contributed by atoms with Crippen LogP contribution in [0.5, 0.6) is 0 Å². The van der Waals surface area contributed by atoms with Gasteiger partial charge in [-0.15, -0.1) is 0 Å². The highest BCUT2D eigenvalue weighted by molar-refractivity contribution is 7.98. The van der Waals surface area contributed by atoms with Crippen molar-refractivity contribution in [1.82, 2.24) is 10.0 Å². The van der Waals surface area contributed by atoms with E-state index < -0.39 is 10.0 Å². The molecule has 0 aromatic heterocycles. The number of thioether (sulfide) groups is 1. The standard InChI is InChI=1S/C13H21ClN2O2S2/c1-15-10-11-5-6-12(14)13(9-11)20(17,18)16-7-3-4-8-19-2/h5-6,9,15-16H,3-4,7-8,10H2,1-2H3. The molecular weight excluding hydrogens is 316 g/mol. The number of nitrogens with one attached hydrogen (secondary N) is 2. The van der Waals surface area contributed by atoms with Crippen molar-refractivity contribution in [2.45, 2.75) is 24.3 Å². The number of unbranched alkanes of at least 4 members (excludes halogenated alkanes) is 1. The van der Waals surface area contributed by atoms with E-state index in [1.165, 1.54) is 0 Å². The molecule has 0 aliphatic rings. The molecule has 0 bridgehead atoms. The van der Waals surface area contributed by atoms with Crippen LogP contribution in [0.25, 0.3) is 0 Å². The Hall–Kier alpha value is -0.270. The Morgan fingerprint density at radius 2 is 2.05 bits per heavy atom. The van der Waals surface area contributed by atoms with Gasteiger partial charge in [-0.05, 0) is 49.6 Å². The lowest BCUT2D eigenvalue weighted by Crippen LogP contribution is -2.25. The molecule has 0 aliphatic heterocycles. The number of rotatable bonds is 9. The van der Waals surface area contributed by atoms with E-state index in [1.54, 1.807) is 23.9 Å². The van der Waals surface area contributed by atoms with Crippen LogP contribution in [0, 0.1) is 0 Å². The van der Waals surface area contributed by atoms with Crippen molar-refractivity contribution in [1.29, 1.82) is 0 Å². The minimum atomic E-state index is -3.54. The van der Waals surface area contributed by atoms with Crippen molar-refractivity contribution in [3.05, 3.63) is 28.8 Å². The molecule has 0 aliphatic carbocycles. The highest BCUT2D eigenvalue weighted by Gasteiger charge is 2.17. The zero-order valence-electron chi connectivity index (χ0n) is 11.8. The predicted molar refractivity (Wildman–Crippen MR) is 87.0 cm³/mol. The molecule has 0 saturated carbocycles. The van der Waals surface area contributed by atoms with Gasteiger partial charge in [-0.1, -0.05) is 17.7 Å². The van der Waals surface area contributed by atoms with Gasteiger partial charge in [0.25, 0.3) is 0 Å². The van der Waals surface area contributed by atoms with Crippen molar-refractivity contribution in [3.63, 3.8) is 0 Å². The Balaban J connectivity index is 2.73. The maximum absolute atomic E-state index is 12.2. The molecule has 2 N–H and O–H groups in total. The van der Waals surface area contributed by atoms with Crippen molar-refractivity contribution < 1.29 is 8.42 Å². The molecule has 4 nitrogen and oxygen atoms in total. The Bertz CT molecular complexity index is 521. The summed E-state index contributed by atoms with van der Waals surface area (Å²) in [7, 11) is -1.72. The van der Waals surface area contributed by atoms with Gasteiger partial charge in [-0.3, -0.25) is 0 Å². The van der Waals surface area contributed by atoms with Gasteiger partial charge in [0.05, 0.1) is 5.02 Å². The maximum atomic E-state index is 12.2. The van der Waals surface area contributed by atoms with E-state index in [-0.39, 0.29) is 9.92 Å². The van der Waals surface area contributed by atoms with Crippen LogP contribution < -0.4 is 10.0 Å². The second kappa shape index (κ2) is 8.89. The summed E-state index contributed by atoms with van der Waals surface area (Å²) in [6.45, 7) is 1.04. The second-order valence-corrected chi connectivity index (χ2v) is 7.52. The van der Waals surface area contributed by atoms with E-state index in [0.717, 1.165) is 24.2 Å². The molecule has 0 spiro atoms. The molecule has 0 heterocycles. The van der Waals surface area contributed by atoms with Gasteiger partial charge in [0.1, 0.15) is 4.90 Å². The lowest BCUT2D eigenvalue weighted by atomic mass is 10.2. The Morgan fingerprint density at radius 3 is 2.70 bits per heavy atom. The first kappa shape index (κ1) is 17.8. The Kier molecular flexibility index (Phi) is 7.91. The van der Waals surface area contributed by atoms with Gasteiger partial charge in [0, 0.05) is 13.1 Å². The van der Waals surface area contributed by atoms with Crippen molar-refractivity contribution in [2.75, 3.05) is 25.6 Å². The largest absolute Gasteiger partial charge is 0.316 e. The third kappa shape index (κ3) is 5.61. The summed E-state index contributed by atoms with van der Waals surface area (Å²) in [5.74, 6) is 1.04. The lowest BCUT2D eigenvalue weighted by molar-refractivity contribution is 0.578. The monoisotopic (exact) mass is 336 g/mol. The smallest absolute Gasteiger partial charge is 0.242 e. The topological polar surface area (TPSA) is 58.2 Å². The molecule has 1 rings (SSSR count). The highest BCUT2D eigenvalue weighted by Crippen LogP contribution is 2.22. The number of sulfonamides is 1. The second-order valence-electron chi connectivity index (χ2n) is 4.39. The number of benzene rings is 1. The quantitative estimate of drug-likeness (QED) is 0.680. The molecule has 1 aromatic rings. The zero-order chi connectivity index (χ0) is 15.0. The molecular formula is C13H21ClN2O2S2. The number of halogens is 1. The fraction of sp³-hybridized carbons (Fsp3) is 0.538. The molecule has 0 fully saturated rings. The van der Waals surface area contributed by atoms with E-state index >= 15 is 0 Å². The van der Waals surface area contributed by atoms with E-state index in [0.29, 0.717) is 13.1 Å². The zero-order valence-corrected chi connectivity index (χ0v) is 14.2. The summed E-state index contributed by atoms with van der Waals surface area (Å²) in [6.07, 6.45) is 3.86. The van der Waals surface area contributed by atoms with Crippen LogP contribution in [0.3, 0.4) is 0 Å². The maximum Gasteiger partial charge on any atom is 0.242 e. The molecule has 114 valence electrons. The molecule has 0 radical (unpaired) electrons. The van der Waals surface area contributed by atoms with Crippen LogP contribution in [-0.2, 0) is 16.6 Å². The van der Waals surface area contributed by atoms with Gasteiger partial charge < -0.3 is 5.32 Å². The van der Waals surface area contributed by atoms with E-state index in [1.807, 2.05) is 19.4 Å². The van der Waals surface area contributed by atoms with Crippen LogP contribution in [0.1, 0.15) is 18.4 Å². The summed E-state index contributed by atoms with van der Waals surface area (Å²) in [5, 5.41) is 3.24. The Morgan fingerprint density at radius 1 is 1.30 bits per heavy atom. The molecule has 1 aromatic carbocycles. The fourth-order valence-corrected chi connectivity index (χ4v) is 3.84. The summed E-state index contributed by atoms with van der Waals surface area (Å²) < 4.78 is 27.0. The van der Waals surface area contributed by atoms with Gasteiger partial charge >= 0.3 is 0 Å². The SMILES string of the molecule is CNCc1ccc(Cl)c(S(=O)(=O)NCCCCSC)c1. The summed E-state index contributed by atoms with van der Waals surface area (Å²) in [5.41, 5.74) is 0.889. The van der Waals surface area contributed by atoms with E-state index in [2.05, 4.69) is 10.0 Å². The third-order valence-corrected chi connectivity index (χ3v) is 5.37. The number of hydrogen-bond donors (Lipinski definition) is 2. The predicted octanol–water partition coefficient (Wildman–Crippen LogP) is 2.48. The van der Waals surface area contributed by atoms with Crippen LogP contribution in [0.2, 0.25) is 5.02 Å². The van der Waals surface area contributed by atoms with Gasteiger partial charge in [-0.25, -0.2) is 13.1 Å². The average Bonchev–Trinajstić information content (AvgIpc) is 2.41. The summed E-state index contributed by atoms with van der Waals surface area (Å²) in [4.78, 5) is 0.150. The van der Waals surface area contributed by atoms with Gasteiger partial charge in [-0.2, -0.15) is 11.8 Å². The lowest BCUT2D eigenvalue weighted by Gasteiger charge is -2.10. The minimum Gasteiger partial charge on any atom is -0.316 e. The molecule has 0 amide bonds. The van der Waals surface area contributed by atoms with Crippen LogP contribution >= 0.6 is 23.4 Å². The fourth-order valence-electron chi connectivity index (χ4n) is 1.72. The van der Waals surface area contributed by atoms with Crippen molar-refractivity contribution in [3.8, 4) is 0 Å². The van der Waals surface area contributed by atoms with Crippen LogP contribution in [0.4, 0.5) is 0 Å². The number of hydrogen-bond acceptors (Lipinski definition) is 4. The Labute approximate surface area is 130 Å². The van der Waals surface area contributed by atoms with Gasteiger partial charge in [0.15, 0.2) is 0 Å². The first-order valence-corrected chi connectivity index (χ1v) is 9.68. The summed E-state index contributed by atoms with van der Waals surface area (Å²) >= 11 is 7.76. The molecule has 0 saturated heterocycles. The third-order valence-electron chi connectivity index (χ3n) is 2.73. The van der Waals surface area contributed by atoms with Crippen molar-refractivity contribution in [2.24, 2.45) is 0 Å². The van der Waals surface area contributed by atoms with Crippen LogP contribution in [0.15, 0.2) is 23.1 Å². The average molecular weight is 337 g/mol. The highest BCUT2D eigenvalue weighted by atomic mass is 35.5. The molecule has 20 heavy (non-hydrogen) atoms. The van der Waals surface area contributed by atoms with Crippen molar-refractivity contribution >= 4 is 33.4 Å². The van der Waals surface area contributed by atoms with Crippen LogP contribution in [-0.4, -0.2) is 34.0 Å². The first-order valence-electron chi connectivity index (χ1n) is 6.43. The summed E-state index contributed by atoms with van der Waals surface area (Å²) in [6, 6.07) is 5.05. The molecule has 0 atom stereocenters. The first-order chi connectivity index (χ1) is 9.51. The molecule has 0 unspecified atom stereocenters. The normalized spacial score (nSPS) is 11.8.